The first-order chi connectivity index (χ1) is 9.61. The zero-order valence-electron chi connectivity index (χ0n) is 11.7. The monoisotopic (exact) mass is 295 g/mol. The molecule has 2 aromatic rings. The van der Waals surface area contributed by atoms with Gasteiger partial charge in [0.05, 0.1) is 6.26 Å². The van der Waals surface area contributed by atoms with E-state index in [1.165, 1.54) is 6.07 Å². The van der Waals surface area contributed by atoms with E-state index < -0.39 is 0 Å². The van der Waals surface area contributed by atoms with Crippen molar-refractivity contribution in [2.75, 3.05) is 6.54 Å². The van der Waals surface area contributed by atoms with Crippen molar-refractivity contribution in [3.8, 4) is 0 Å². The Labute approximate surface area is 123 Å². The largest absolute Gasteiger partial charge is 0.469 e. The topological polar surface area (TPSA) is 25.2 Å². The standard InChI is InChI=1S/C16H19ClFNO/c1-3-7-19-16(14-6-8-20-11(14)2)9-12-4-5-13(17)10-15(12)18/h4-6,8,10,16,19H,3,7,9H2,1-2H3. The maximum Gasteiger partial charge on any atom is 0.127 e. The Morgan fingerprint density at radius 1 is 1.35 bits per heavy atom. The van der Waals surface area contributed by atoms with Crippen molar-refractivity contribution in [1.29, 1.82) is 0 Å². The molecule has 4 heteroatoms. The second-order valence-corrected chi connectivity index (χ2v) is 5.32. The zero-order valence-corrected chi connectivity index (χ0v) is 12.5. The van der Waals surface area contributed by atoms with Crippen LogP contribution in [0.2, 0.25) is 5.02 Å². The molecule has 0 spiro atoms. The lowest BCUT2D eigenvalue weighted by molar-refractivity contribution is 0.487. The molecule has 0 fully saturated rings. The Morgan fingerprint density at radius 3 is 2.75 bits per heavy atom. The summed E-state index contributed by atoms with van der Waals surface area (Å²) in [5.41, 5.74) is 1.73. The number of rotatable bonds is 6. The highest BCUT2D eigenvalue weighted by Gasteiger charge is 2.17. The summed E-state index contributed by atoms with van der Waals surface area (Å²) < 4.78 is 19.3. The molecule has 20 heavy (non-hydrogen) atoms. The fourth-order valence-electron chi connectivity index (χ4n) is 2.27. The van der Waals surface area contributed by atoms with Crippen LogP contribution < -0.4 is 5.32 Å². The van der Waals surface area contributed by atoms with Gasteiger partial charge < -0.3 is 9.73 Å². The minimum Gasteiger partial charge on any atom is -0.469 e. The molecule has 0 saturated carbocycles. The van der Waals surface area contributed by atoms with Gasteiger partial charge in [-0.25, -0.2) is 4.39 Å². The molecule has 2 nitrogen and oxygen atoms in total. The summed E-state index contributed by atoms with van der Waals surface area (Å²) in [5, 5.41) is 3.86. The average Bonchev–Trinajstić information content (AvgIpc) is 2.83. The van der Waals surface area contributed by atoms with E-state index in [1.54, 1.807) is 18.4 Å². The Balaban J connectivity index is 2.21. The number of aryl methyl sites for hydroxylation is 1. The van der Waals surface area contributed by atoms with Crippen LogP contribution >= 0.6 is 11.6 Å². The predicted molar refractivity (Wildman–Crippen MR) is 79.6 cm³/mol. The number of benzene rings is 1. The number of halogens is 2. The van der Waals surface area contributed by atoms with E-state index in [0.29, 0.717) is 17.0 Å². The van der Waals surface area contributed by atoms with Crippen LogP contribution in [0.5, 0.6) is 0 Å². The van der Waals surface area contributed by atoms with Crippen LogP contribution in [0.3, 0.4) is 0 Å². The van der Waals surface area contributed by atoms with Gasteiger partial charge in [0.25, 0.3) is 0 Å². The van der Waals surface area contributed by atoms with Gasteiger partial charge in [-0.2, -0.15) is 0 Å². The molecule has 0 saturated heterocycles. The highest BCUT2D eigenvalue weighted by molar-refractivity contribution is 6.30. The molecule has 0 aliphatic heterocycles. The molecule has 1 N–H and O–H groups in total. The first kappa shape index (κ1) is 15.1. The fourth-order valence-corrected chi connectivity index (χ4v) is 2.43. The van der Waals surface area contributed by atoms with E-state index >= 15 is 0 Å². The third-order valence-corrected chi connectivity index (χ3v) is 3.59. The Morgan fingerprint density at radius 2 is 2.15 bits per heavy atom. The van der Waals surface area contributed by atoms with E-state index in [9.17, 15) is 4.39 Å². The van der Waals surface area contributed by atoms with Gasteiger partial charge in [-0.05, 0) is 50.1 Å². The number of furan rings is 1. The van der Waals surface area contributed by atoms with Crippen LogP contribution in [0.15, 0.2) is 34.9 Å². The van der Waals surface area contributed by atoms with Crippen LogP contribution in [0.1, 0.15) is 36.3 Å². The quantitative estimate of drug-likeness (QED) is 0.838. The van der Waals surface area contributed by atoms with E-state index in [-0.39, 0.29) is 11.9 Å². The lowest BCUT2D eigenvalue weighted by Gasteiger charge is -2.18. The van der Waals surface area contributed by atoms with Crippen LogP contribution in [0.25, 0.3) is 0 Å². The number of hydrogen-bond donors (Lipinski definition) is 1. The first-order valence-electron chi connectivity index (χ1n) is 6.83. The summed E-state index contributed by atoms with van der Waals surface area (Å²) in [5.74, 6) is 0.606. The smallest absolute Gasteiger partial charge is 0.127 e. The van der Waals surface area contributed by atoms with Crippen LogP contribution in [0.4, 0.5) is 4.39 Å². The molecule has 1 unspecified atom stereocenters. The molecule has 0 aliphatic rings. The molecule has 2 rings (SSSR count). The van der Waals surface area contributed by atoms with Crippen LogP contribution in [-0.2, 0) is 6.42 Å². The van der Waals surface area contributed by atoms with Gasteiger partial charge in [-0.15, -0.1) is 0 Å². The van der Waals surface area contributed by atoms with Crippen molar-refractivity contribution in [2.45, 2.75) is 32.7 Å². The molecule has 108 valence electrons. The molecule has 1 aromatic carbocycles. The van der Waals surface area contributed by atoms with E-state index in [4.69, 9.17) is 16.0 Å². The van der Waals surface area contributed by atoms with Crippen molar-refractivity contribution in [2.24, 2.45) is 0 Å². The zero-order chi connectivity index (χ0) is 14.5. The van der Waals surface area contributed by atoms with Crippen molar-refractivity contribution in [3.63, 3.8) is 0 Å². The van der Waals surface area contributed by atoms with E-state index in [0.717, 1.165) is 24.3 Å². The highest BCUT2D eigenvalue weighted by atomic mass is 35.5. The van der Waals surface area contributed by atoms with Crippen molar-refractivity contribution >= 4 is 11.6 Å². The van der Waals surface area contributed by atoms with Gasteiger partial charge in [0.1, 0.15) is 11.6 Å². The van der Waals surface area contributed by atoms with Crippen molar-refractivity contribution in [1.82, 2.24) is 5.32 Å². The van der Waals surface area contributed by atoms with Gasteiger partial charge in [0.2, 0.25) is 0 Å². The van der Waals surface area contributed by atoms with Crippen LogP contribution in [-0.4, -0.2) is 6.54 Å². The highest BCUT2D eigenvalue weighted by Crippen LogP contribution is 2.25. The Kier molecular flexibility index (Phi) is 5.21. The molecule has 0 amide bonds. The summed E-state index contributed by atoms with van der Waals surface area (Å²) in [6.07, 6.45) is 3.27. The normalized spacial score (nSPS) is 12.6. The number of hydrogen-bond acceptors (Lipinski definition) is 2. The third kappa shape index (κ3) is 3.62. The summed E-state index contributed by atoms with van der Waals surface area (Å²) >= 11 is 5.79. The SMILES string of the molecule is CCCNC(Cc1ccc(Cl)cc1F)c1ccoc1C. The van der Waals surface area contributed by atoms with Crippen molar-refractivity contribution in [3.05, 3.63) is 58.3 Å². The maximum absolute atomic E-state index is 13.9. The summed E-state index contributed by atoms with van der Waals surface area (Å²) in [6, 6.07) is 6.81. The lowest BCUT2D eigenvalue weighted by Crippen LogP contribution is -2.24. The lowest BCUT2D eigenvalue weighted by atomic mass is 9.99. The van der Waals surface area contributed by atoms with Crippen molar-refractivity contribution < 1.29 is 8.81 Å². The van der Waals surface area contributed by atoms with Gasteiger partial charge in [-0.3, -0.25) is 0 Å². The minimum atomic E-state index is -0.262. The Bertz CT molecular complexity index is 567. The minimum absolute atomic E-state index is 0.0457. The molecule has 0 bridgehead atoms. The second kappa shape index (κ2) is 6.91. The maximum atomic E-state index is 13.9. The molecule has 1 aromatic heterocycles. The summed E-state index contributed by atoms with van der Waals surface area (Å²) in [7, 11) is 0. The molecular weight excluding hydrogens is 277 g/mol. The average molecular weight is 296 g/mol. The second-order valence-electron chi connectivity index (χ2n) is 4.88. The molecule has 1 heterocycles. The molecule has 0 radical (unpaired) electrons. The molecular formula is C16H19ClFNO. The third-order valence-electron chi connectivity index (χ3n) is 3.35. The summed E-state index contributed by atoms with van der Waals surface area (Å²) in [6.45, 7) is 4.91. The predicted octanol–water partition coefficient (Wildman–Crippen LogP) is 4.66. The number of nitrogens with one attached hydrogen (secondary N) is 1. The molecule has 1 atom stereocenters. The van der Waals surface area contributed by atoms with Gasteiger partial charge in [0, 0.05) is 16.6 Å². The van der Waals surface area contributed by atoms with E-state index in [1.807, 2.05) is 13.0 Å². The first-order valence-corrected chi connectivity index (χ1v) is 7.21. The molecule has 0 aliphatic carbocycles. The van der Waals surface area contributed by atoms with Gasteiger partial charge >= 0.3 is 0 Å². The van der Waals surface area contributed by atoms with Gasteiger partial charge in [-0.1, -0.05) is 24.6 Å². The Hall–Kier alpha value is -1.32. The fraction of sp³-hybridized carbons (Fsp3) is 0.375. The summed E-state index contributed by atoms with van der Waals surface area (Å²) in [4.78, 5) is 0. The van der Waals surface area contributed by atoms with Crippen LogP contribution in [0, 0.1) is 12.7 Å². The van der Waals surface area contributed by atoms with Gasteiger partial charge in [0.15, 0.2) is 0 Å². The van der Waals surface area contributed by atoms with E-state index in [2.05, 4.69) is 12.2 Å².